The zero-order chi connectivity index (χ0) is 19.5. The molecule has 0 aliphatic carbocycles. The van der Waals surface area contributed by atoms with Crippen molar-refractivity contribution in [2.24, 2.45) is 0 Å². The summed E-state index contributed by atoms with van der Waals surface area (Å²) in [6, 6.07) is 9.05. The van der Waals surface area contributed by atoms with E-state index in [1.54, 1.807) is 0 Å². The summed E-state index contributed by atoms with van der Waals surface area (Å²) in [5, 5.41) is 0.236. The van der Waals surface area contributed by atoms with E-state index in [1.807, 2.05) is 6.07 Å². The number of rotatable bonds is 5. The van der Waals surface area contributed by atoms with Gasteiger partial charge in [0.05, 0.1) is 0 Å². The molecule has 0 saturated carbocycles. The largest absolute Gasteiger partial charge is 0.414 e. The van der Waals surface area contributed by atoms with Crippen molar-refractivity contribution in [2.45, 2.75) is 69.9 Å². The Morgan fingerprint density at radius 3 is 2.38 bits per heavy atom. The zero-order valence-electron chi connectivity index (χ0n) is 17.1. The van der Waals surface area contributed by atoms with Gasteiger partial charge in [-0.25, -0.2) is 0 Å². The molecule has 0 N–H and O–H groups in total. The van der Waals surface area contributed by atoms with E-state index < -0.39 is 8.32 Å². The molecule has 0 bridgehead atoms. The lowest BCUT2D eigenvalue weighted by molar-refractivity contribution is 0.0553. The van der Waals surface area contributed by atoms with Crippen molar-refractivity contribution < 1.29 is 4.43 Å². The monoisotopic (exact) mass is 435 g/mol. The Bertz CT molecular complexity index is 650. The standard InChI is InChI=1S/C22H34BrNOSi/c1-8-18-15-20(25-26(6,7)22(2,3)4)16-19(24(18)5)14-13-17-11-9-10-12-21(17)23/h8-14,18-20H,1,15-16H2,2-7H3/b14-13+/t18-,19+,20+/m0/s1. The Morgan fingerprint density at radius 2 is 1.81 bits per heavy atom. The van der Waals surface area contributed by atoms with Gasteiger partial charge in [0.2, 0.25) is 0 Å². The number of benzene rings is 1. The Balaban J connectivity index is 2.17. The number of piperidine rings is 1. The number of hydrogen-bond acceptors (Lipinski definition) is 2. The third kappa shape index (κ3) is 5.19. The lowest BCUT2D eigenvalue weighted by atomic mass is 9.93. The van der Waals surface area contributed by atoms with E-state index in [0.29, 0.717) is 18.2 Å². The lowest BCUT2D eigenvalue weighted by Gasteiger charge is -2.46. The van der Waals surface area contributed by atoms with Crippen LogP contribution >= 0.6 is 15.9 Å². The van der Waals surface area contributed by atoms with Crippen molar-refractivity contribution in [1.29, 1.82) is 0 Å². The van der Waals surface area contributed by atoms with E-state index in [0.717, 1.165) is 17.3 Å². The van der Waals surface area contributed by atoms with Gasteiger partial charge in [0.15, 0.2) is 8.32 Å². The maximum Gasteiger partial charge on any atom is 0.192 e. The second-order valence-electron chi connectivity index (χ2n) is 8.89. The quantitative estimate of drug-likeness (QED) is 0.386. The van der Waals surface area contributed by atoms with Crippen LogP contribution < -0.4 is 0 Å². The van der Waals surface area contributed by atoms with Gasteiger partial charge < -0.3 is 4.43 Å². The van der Waals surface area contributed by atoms with Gasteiger partial charge in [0.1, 0.15) is 0 Å². The number of hydrogen-bond donors (Lipinski definition) is 0. The number of likely N-dealkylation sites (tertiary alicyclic amines) is 1. The summed E-state index contributed by atoms with van der Waals surface area (Å²) in [5.74, 6) is 0. The van der Waals surface area contributed by atoms with Crippen LogP contribution in [0.5, 0.6) is 0 Å². The highest BCUT2D eigenvalue weighted by molar-refractivity contribution is 9.10. The Kier molecular flexibility index (Phi) is 7.11. The molecule has 3 atom stereocenters. The molecule has 1 saturated heterocycles. The van der Waals surface area contributed by atoms with E-state index in [1.165, 1.54) is 5.56 Å². The first kappa shape index (κ1) is 21.6. The molecule has 1 aliphatic rings. The Hall–Kier alpha value is -0.683. The van der Waals surface area contributed by atoms with E-state index >= 15 is 0 Å². The Morgan fingerprint density at radius 1 is 1.19 bits per heavy atom. The van der Waals surface area contributed by atoms with Gasteiger partial charge in [-0.05, 0) is 49.7 Å². The number of halogens is 1. The summed E-state index contributed by atoms with van der Waals surface area (Å²) >= 11 is 3.64. The minimum absolute atomic E-state index is 0.236. The lowest BCUT2D eigenvalue weighted by Crippen LogP contribution is -2.52. The van der Waals surface area contributed by atoms with Gasteiger partial charge in [-0.2, -0.15) is 0 Å². The first-order chi connectivity index (χ1) is 12.0. The smallest absolute Gasteiger partial charge is 0.192 e. The summed E-state index contributed by atoms with van der Waals surface area (Å²) in [5.41, 5.74) is 1.21. The molecule has 0 aromatic heterocycles. The molecule has 1 aromatic rings. The van der Waals surface area contributed by atoms with Crippen LogP contribution in [0.25, 0.3) is 6.08 Å². The van der Waals surface area contributed by atoms with Crippen molar-refractivity contribution >= 4 is 30.3 Å². The van der Waals surface area contributed by atoms with E-state index in [2.05, 4.69) is 105 Å². The fourth-order valence-corrected chi connectivity index (χ4v) is 5.00. The van der Waals surface area contributed by atoms with Gasteiger partial charge in [0, 0.05) is 22.7 Å². The van der Waals surface area contributed by atoms with E-state index in [9.17, 15) is 0 Å². The molecule has 26 heavy (non-hydrogen) atoms. The first-order valence-corrected chi connectivity index (χ1v) is 13.2. The minimum atomic E-state index is -1.77. The van der Waals surface area contributed by atoms with Crippen molar-refractivity contribution in [3.8, 4) is 0 Å². The summed E-state index contributed by atoms with van der Waals surface area (Å²) in [6.45, 7) is 15.7. The van der Waals surface area contributed by atoms with Gasteiger partial charge in [0.25, 0.3) is 0 Å². The average Bonchev–Trinajstić information content (AvgIpc) is 2.55. The van der Waals surface area contributed by atoms with Gasteiger partial charge in [-0.1, -0.05) is 73.1 Å². The highest BCUT2D eigenvalue weighted by atomic mass is 79.9. The first-order valence-electron chi connectivity index (χ1n) is 9.50. The van der Waals surface area contributed by atoms with E-state index in [4.69, 9.17) is 4.43 Å². The topological polar surface area (TPSA) is 12.5 Å². The third-order valence-corrected chi connectivity index (χ3v) is 11.3. The normalized spacial score (nSPS) is 25.6. The van der Waals surface area contributed by atoms with Crippen LogP contribution in [0.4, 0.5) is 0 Å². The summed E-state index contributed by atoms with van der Waals surface area (Å²) in [6.07, 6.45) is 8.97. The molecule has 0 unspecified atom stereocenters. The van der Waals surface area contributed by atoms with E-state index in [-0.39, 0.29) is 5.04 Å². The van der Waals surface area contributed by atoms with Crippen LogP contribution in [0.3, 0.4) is 0 Å². The minimum Gasteiger partial charge on any atom is -0.414 e. The highest BCUT2D eigenvalue weighted by Gasteiger charge is 2.41. The molecule has 1 heterocycles. The molecular weight excluding hydrogens is 402 g/mol. The SMILES string of the molecule is C=C[C@H]1C[C@@H](O[Si](C)(C)C(C)(C)C)C[C@@H](/C=C/c2ccccc2Br)N1C. The van der Waals surface area contributed by atoms with Crippen LogP contribution in [-0.4, -0.2) is 38.5 Å². The summed E-state index contributed by atoms with van der Waals surface area (Å²) < 4.78 is 7.88. The fraction of sp³-hybridized carbons (Fsp3) is 0.545. The molecule has 0 amide bonds. The Labute approximate surface area is 169 Å². The molecule has 1 aliphatic heterocycles. The molecule has 4 heteroatoms. The average molecular weight is 437 g/mol. The highest BCUT2D eigenvalue weighted by Crippen LogP contribution is 2.39. The molecule has 2 nitrogen and oxygen atoms in total. The predicted octanol–water partition coefficient (Wildman–Crippen LogP) is 6.50. The van der Waals surface area contributed by atoms with Crippen LogP contribution in [0.2, 0.25) is 18.1 Å². The summed E-state index contributed by atoms with van der Waals surface area (Å²) in [7, 11) is 0.432. The number of nitrogens with zero attached hydrogens (tertiary/aromatic N) is 1. The maximum absolute atomic E-state index is 6.75. The zero-order valence-corrected chi connectivity index (χ0v) is 19.7. The second-order valence-corrected chi connectivity index (χ2v) is 14.5. The second kappa shape index (κ2) is 8.55. The van der Waals surface area contributed by atoms with Gasteiger partial charge in [-0.15, -0.1) is 6.58 Å². The van der Waals surface area contributed by atoms with Gasteiger partial charge >= 0.3 is 0 Å². The van der Waals surface area contributed by atoms with Crippen LogP contribution in [0.1, 0.15) is 39.2 Å². The molecule has 144 valence electrons. The third-order valence-electron chi connectivity index (χ3n) is 6.00. The molecule has 1 aromatic carbocycles. The number of likely N-dealkylation sites (N-methyl/N-ethyl adjacent to an activating group) is 1. The molecular formula is C22H34BrNOSi. The maximum atomic E-state index is 6.75. The fourth-order valence-electron chi connectivity index (χ4n) is 3.20. The molecule has 0 radical (unpaired) electrons. The van der Waals surface area contributed by atoms with Crippen molar-refractivity contribution in [3.05, 3.63) is 53.0 Å². The molecule has 0 spiro atoms. The molecule has 1 fully saturated rings. The van der Waals surface area contributed by atoms with Crippen molar-refractivity contribution in [2.75, 3.05) is 7.05 Å². The van der Waals surface area contributed by atoms with Crippen molar-refractivity contribution in [3.63, 3.8) is 0 Å². The van der Waals surface area contributed by atoms with Crippen molar-refractivity contribution in [1.82, 2.24) is 4.90 Å². The summed E-state index contributed by atoms with van der Waals surface area (Å²) in [4.78, 5) is 2.42. The van der Waals surface area contributed by atoms with Gasteiger partial charge in [-0.3, -0.25) is 4.90 Å². The van der Waals surface area contributed by atoms with Crippen LogP contribution in [0.15, 0.2) is 47.5 Å². The van der Waals surface area contributed by atoms with Crippen LogP contribution in [0, 0.1) is 0 Å². The molecule has 2 rings (SSSR count). The van der Waals surface area contributed by atoms with Crippen LogP contribution in [-0.2, 0) is 4.43 Å². The predicted molar refractivity (Wildman–Crippen MR) is 120 cm³/mol.